The molecule has 2 aromatic rings. The molecule has 1 aromatic carbocycles. The highest BCUT2D eigenvalue weighted by Crippen LogP contribution is 2.18. The number of anilines is 1. The Morgan fingerprint density at radius 2 is 2.20 bits per heavy atom. The van der Waals surface area contributed by atoms with Crippen LogP contribution in [0.5, 0.6) is 0 Å². The van der Waals surface area contributed by atoms with E-state index in [1.807, 2.05) is 0 Å². The van der Waals surface area contributed by atoms with Gasteiger partial charge in [-0.25, -0.2) is 22.2 Å². The molecule has 0 aliphatic carbocycles. The average Bonchev–Trinajstić information content (AvgIpc) is 2.79. The van der Waals surface area contributed by atoms with Gasteiger partial charge >= 0.3 is 0 Å². The lowest BCUT2D eigenvalue weighted by atomic mass is 10.2. The summed E-state index contributed by atoms with van der Waals surface area (Å²) < 4.78 is 39.3. The quantitative estimate of drug-likeness (QED) is 0.913. The molecule has 0 radical (unpaired) electrons. The first kappa shape index (κ1) is 14.7. The maximum atomic E-state index is 12.9. The van der Waals surface area contributed by atoms with Crippen LogP contribution in [0.2, 0.25) is 5.02 Å². The minimum absolute atomic E-state index is 0.00918. The van der Waals surface area contributed by atoms with Crippen LogP contribution >= 0.6 is 11.6 Å². The van der Waals surface area contributed by atoms with Crippen molar-refractivity contribution < 1.29 is 12.8 Å². The molecule has 0 atom stereocenters. The van der Waals surface area contributed by atoms with Crippen LogP contribution in [0.25, 0.3) is 0 Å². The van der Waals surface area contributed by atoms with Gasteiger partial charge in [0, 0.05) is 5.02 Å². The van der Waals surface area contributed by atoms with Crippen LogP contribution < -0.4 is 4.72 Å². The summed E-state index contributed by atoms with van der Waals surface area (Å²) in [5.41, 5.74) is 0.655. The number of nitrogens with one attached hydrogen (secondary N) is 1. The van der Waals surface area contributed by atoms with E-state index < -0.39 is 15.8 Å². The van der Waals surface area contributed by atoms with Gasteiger partial charge in [0.2, 0.25) is 10.0 Å². The van der Waals surface area contributed by atoms with Gasteiger partial charge in [0.1, 0.15) is 12.1 Å². The molecule has 1 heterocycles. The summed E-state index contributed by atoms with van der Waals surface area (Å²) in [6.07, 6.45) is 1.37. The zero-order chi connectivity index (χ0) is 14.8. The summed E-state index contributed by atoms with van der Waals surface area (Å²) in [4.78, 5) is 3.84. The maximum Gasteiger partial charge on any atom is 0.255 e. The van der Waals surface area contributed by atoms with E-state index in [0.717, 1.165) is 0 Å². The molecule has 6 nitrogen and oxygen atoms in total. The molecule has 0 fully saturated rings. The van der Waals surface area contributed by atoms with E-state index in [0.29, 0.717) is 5.56 Å². The van der Waals surface area contributed by atoms with Crippen molar-refractivity contribution in [2.75, 3.05) is 10.5 Å². The first-order valence-corrected chi connectivity index (χ1v) is 7.76. The fourth-order valence-corrected chi connectivity index (χ4v) is 2.20. The molecule has 0 spiro atoms. The van der Waals surface area contributed by atoms with Crippen LogP contribution in [-0.2, 0) is 16.6 Å². The molecular weight excluding hydrogens is 307 g/mol. The van der Waals surface area contributed by atoms with Gasteiger partial charge in [-0.15, -0.1) is 5.10 Å². The summed E-state index contributed by atoms with van der Waals surface area (Å²) in [6, 6.07) is 4.03. The molecule has 2 rings (SSSR count). The fraction of sp³-hybridized carbons (Fsp3) is 0.273. The largest absolute Gasteiger partial charge is 0.255 e. The van der Waals surface area contributed by atoms with E-state index >= 15 is 0 Å². The third kappa shape index (κ3) is 3.67. The molecule has 1 aromatic heterocycles. The summed E-state index contributed by atoms with van der Waals surface area (Å²) >= 11 is 5.90. The SMILES string of the molecule is CCS(=O)(=O)Nc1ncn(Cc2ccc(F)cc2Cl)n1. The molecule has 20 heavy (non-hydrogen) atoms. The Morgan fingerprint density at radius 3 is 2.85 bits per heavy atom. The number of aromatic nitrogens is 3. The molecule has 0 aliphatic rings. The number of nitrogens with zero attached hydrogens (tertiary/aromatic N) is 3. The van der Waals surface area contributed by atoms with Crippen molar-refractivity contribution in [3.8, 4) is 0 Å². The third-order valence-corrected chi connectivity index (χ3v) is 4.12. The van der Waals surface area contributed by atoms with Crippen molar-refractivity contribution in [1.82, 2.24) is 14.8 Å². The lowest BCUT2D eigenvalue weighted by Crippen LogP contribution is -2.15. The summed E-state index contributed by atoms with van der Waals surface area (Å²) in [5, 5.41) is 4.24. The topological polar surface area (TPSA) is 76.9 Å². The molecule has 0 unspecified atom stereocenters. The minimum Gasteiger partial charge on any atom is -0.250 e. The predicted molar refractivity (Wildman–Crippen MR) is 73.6 cm³/mol. The monoisotopic (exact) mass is 318 g/mol. The van der Waals surface area contributed by atoms with Crippen LogP contribution in [0.3, 0.4) is 0 Å². The number of halogens is 2. The second-order valence-electron chi connectivity index (χ2n) is 4.01. The first-order chi connectivity index (χ1) is 9.39. The zero-order valence-electron chi connectivity index (χ0n) is 10.5. The minimum atomic E-state index is -3.41. The highest BCUT2D eigenvalue weighted by Gasteiger charge is 2.11. The van der Waals surface area contributed by atoms with Gasteiger partial charge in [-0.3, -0.25) is 0 Å². The van der Waals surface area contributed by atoms with Crippen LogP contribution in [0.4, 0.5) is 10.3 Å². The lowest BCUT2D eigenvalue weighted by molar-refractivity contribution is 0.601. The van der Waals surface area contributed by atoms with Crippen molar-refractivity contribution in [3.05, 3.63) is 40.9 Å². The predicted octanol–water partition coefficient (Wildman–Crippen LogP) is 1.88. The van der Waals surface area contributed by atoms with E-state index in [-0.39, 0.29) is 23.3 Å². The number of benzene rings is 1. The normalized spacial score (nSPS) is 11.6. The van der Waals surface area contributed by atoms with Crippen molar-refractivity contribution in [2.24, 2.45) is 0 Å². The van der Waals surface area contributed by atoms with Crippen molar-refractivity contribution in [3.63, 3.8) is 0 Å². The Hall–Kier alpha value is -1.67. The van der Waals surface area contributed by atoms with Crippen molar-refractivity contribution in [1.29, 1.82) is 0 Å². The Morgan fingerprint density at radius 1 is 1.45 bits per heavy atom. The molecule has 0 amide bonds. The fourth-order valence-electron chi connectivity index (χ4n) is 1.45. The standard InChI is InChI=1S/C11H12ClFN4O2S/c1-2-20(18,19)16-11-14-7-17(15-11)6-8-3-4-9(13)5-10(8)12/h3-5,7H,2,6H2,1H3,(H,15,16). The molecule has 0 saturated carbocycles. The molecule has 1 N–H and O–H groups in total. The molecule has 108 valence electrons. The molecule has 0 aliphatic heterocycles. The van der Waals surface area contributed by atoms with E-state index in [1.165, 1.54) is 36.1 Å². The van der Waals surface area contributed by atoms with E-state index in [2.05, 4.69) is 14.8 Å². The van der Waals surface area contributed by atoms with E-state index in [1.54, 1.807) is 0 Å². The molecule has 0 bridgehead atoms. The Balaban J connectivity index is 2.13. The number of hydrogen-bond donors (Lipinski definition) is 1. The average molecular weight is 319 g/mol. The van der Waals surface area contributed by atoms with Crippen molar-refractivity contribution in [2.45, 2.75) is 13.5 Å². The second-order valence-corrected chi connectivity index (χ2v) is 6.43. The second kappa shape index (κ2) is 5.76. The summed E-state index contributed by atoms with van der Waals surface area (Å²) in [7, 11) is -3.41. The number of sulfonamides is 1. The van der Waals surface area contributed by atoms with E-state index in [4.69, 9.17) is 11.6 Å². The first-order valence-electron chi connectivity index (χ1n) is 5.73. The van der Waals surface area contributed by atoms with Gasteiger partial charge in [0.05, 0.1) is 12.3 Å². The smallest absolute Gasteiger partial charge is 0.250 e. The lowest BCUT2D eigenvalue weighted by Gasteiger charge is -2.04. The van der Waals surface area contributed by atoms with Gasteiger partial charge in [0.15, 0.2) is 0 Å². The molecule has 9 heteroatoms. The van der Waals surface area contributed by atoms with Gasteiger partial charge in [0.25, 0.3) is 5.95 Å². The van der Waals surface area contributed by atoms with Crippen LogP contribution in [0, 0.1) is 5.82 Å². The Kier molecular flexibility index (Phi) is 4.24. The number of hydrogen-bond acceptors (Lipinski definition) is 4. The third-order valence-electron chi connectivity index (χ3n) is 2.51. The van der Waals surface area contributed by atoms with Gasteiger partial charge in [-0.2, -0.15) is 4.98 Å². The van der Waals surface area contributed by atoms with E-state index in [9.17, 15) is 12.8 Å². The molecular formula is C11H12ClFN4O2S. The highest BCUT2D eigenvalue weighted by atomic mass is 35.5. The summed E-state index contributed by atoms with van der Waals surface area (Å²) in [6.45, 7) is 1.78. The van der Waals surface area contributed by atoms with Crippen molar-refractivity contribution >= 4 is 27.6 Å². The Bertz CT molecular complexity index is 717. The zero-order valence-corrected chi connectivity index (χ0v) is 12.1. The van der Waals surface area contributed by atoms with Crippen LogP contribution in [0.15, 0.2) is 24.5 Å². The van der Waals surface area contributed by atoms with Gasteiger partial charge < -0.3 is 0 Å². The van der Waals surface area contributed by atoms with Gasteiger partial charge in [-0.05, 0) is 24.6 Å². The number of rotatable bonds is 5. The Labute approximate surface area is 120 Å². The molecule has 0 saturated heterocycles. The summed E-state index contributed by atoms with van der Waals surface area (Å²) in [5.74, 6) is -0.496. The van der Waals surface area contributed by atoms with Crippen LogP contribution in [0.1, 0.15) is 12.5 Å². The van der Waals surface area contributed by atoms with Gasteiger partial charge in [-0.1, -0.05) is 17.7 Å². The highest BCUT2D eigenvalue weighted by molar-refractivity contribution is 7.92. The maximum absolute atomic E-state index is 12.9. The van der Waals surface area contributed by atoms with Crippen LogP contribution in [-0.4, -0.2) is 28.9 Å².